The zero-order chi connectivity index (χ0) is 61.1. The number of hydrogen-bond donors (Lipinski definition) is 0. The van der Waals surface area contributed by atoms with Gasteiger partial charge in [0, 0.05) is 25.4 Å². The summed E-state index contributed by atoms with van der Waals surface area (Å²) in [5, 5.41) is 0. The van der Waals surface area contributed by atoms with E-state index in [2.05, 4.69) is 27.7 Å². The van der Waals surface area contributed by atoms with E-state index in [0.717, 1.165) is 154 Å². The highest BCUT2D eigenvalue weighted by Gasteiger charge is 2.94. The first-order chi connectivity index (χ1) is 37.4. The van der Waals surface area contributed by atoms with E-state index in [1.54, 1.807) is 0 Å². The van der Waals surface area contributed by atoms with E-state index in [1.165, 1.54) is 19.0 Å². The molecule has 0 aliphatic heterocycles. The maximum Gasteiger partial charge on any atom is 0.460 e. The molecule has 0 spiro atoms. The van der Waals surface area contributed by atoms with Gasteiger partial charge in [-0.1, -0.05) is 182 Å². The highest BCUT2D eigenvalue weighted by Crippen LogP contribution is 2.62. The lowest BCUT2D eigenvalue weighted by Crippen LogP contribution is -2.74. The maximum absolute atomic E-state index is 15.8. The highest BCUT2D eigenvalue weighted by atomic mass is 19.4. The number of alkyl halides is 15. The summed E-state index contributed by atoms with van der Waals surface area (Å²) in [6.45, 7) is 7.83. The predicted molar refractivity (Wildman–Crippen MR) is 283 cm³/mol. The Hall–Kier alpha value is -2.68. The minimum absolute atomic E-state index is 0.00839. The second kappa shape index (κ2) is 39.8. The van der Waals surface area contributed by atoms with Gasteiger partial charge in [0.2, 0.25) is 0 Å². The lowest BCUT2D eigenvalue weighted by molar-refractivity contribution is -0.450. The standard InChI is InChI=1S/C58H99F15N2O5/c1-7-11-15-19-21-27-36-46(34-25-17-13-9-3)44-79-49(76)40-31-23-29-38-48(39-30-24-32-41-50(77)80-45-47(35-26-18-14-10-4)37-28-22-20-16-12-8-2)75(43-33-42-74(5)6)51(78)52(59,60)53(61,62)54(63,64)55(65,66)56(67,68)57(69,70)58(71,72)73/h46-48H,7-45H2,1-6H3. The van der Waals surface area contributed by atoms with Gasteiger partial charge in [-0.2, -0.15) is 65.9 Å². The molecule has 0 fully saturated rings. The van der Waals surface area contributed by atoms with Gasteiger partial charge in [-0.15, -0.1) is 0 Å². The van der Waals surface area contributed by atoms with E-state index < -0.39 is 72.1 Å². The Balaban J connectivity index is 6.55. The molecule has 0 radical (unpaired) electrons. The Bertz CT molecular complexity index is 1580. The van der Waals surface area contributed by atoms with Crippen molar-refractivity contribution in [1.29, 1.82) is 0 Å². The zero-order valence-corrected chi connectivity index (χ0v) is 48.9. The summed E-state index contributed by atoms with van der Waals surface area (Å²) in [4.78, 5) is 40.9. The van der Waals surface area contributed by atoms with E-state index in [9.17, 15) is 62.7 Å². The summed E-state index contributed by atoms with van der Waals surface area (Å²) in [6.07, 6.45) is 16.4. The number of unbranched alkanes of at least 4 members (excludes halogenated alkanes) is 20. The number of carbonyl (C=O) groups excluding carboxylic acids is 3. The normalized spacial score (nSPS) is 14.4. The lowest BCUT2D eigenvalue weighted by Gasteiger charge is -2.42. The van der Waals surface area contributed by atoms with Crippen LogP contribution in [0.4, 0.5) is 65.9 Å². The van der Waals surface area contributed by atoms with E-state index >= 15 is 17.6 Å². The van der Waals surface area contributed by atoms with Crippen molar-refractivity contribution in [2.45, 2.75) is 300 Å². The van der Waals surface area contributed by atoms with Gasteiger partial charge in [-0.3, -0.25) is 14.4 Å². The molecule has 1 amide bonds. The van der Waals surface area contributed by atoms with Crippen molar-refractivity contribution < 1.29 is 89.7 Å². The minimum atomic E-state index is -8.53. The van der Waals surface area contributed by atoms with Crippen LogP contribution < -0.4 is 0 Å². The number of carbonyl (C=O) groups is 3. The van der Waals surface area contributed by atoms with E-state index in [1.807, 2.05) is 0 Å². The third-order valence-corrected chi connectivity index (χ3v) is 15.0. The molecule has 0 aliphatic rings. The van der Waals surface area contributed by atoms with Crippen LogP contribution in [-0.2, 0) is 23.9 Å². The van der Waals surface area contributed by atoms with Gasteiger partial charge >= 0.3 is 53.7 Å². The Labute approximate surface area is 468 Å². The summed E-state index contributed by atoms with van der Waals surface area (Å²) in [6, 6.07) is -1.60. The van der Waals surface area contributed by atoms with Gasteiger partial charge in [0.25, 0.3) is 5.91 Å². The van der Waals surface area contributed by atoms with E-state index in [0.29, 0.717) is 0 Å². The van der Waals surface area contributed by atoms with Crippen LogP contribution in [0.5, 0.6) is 0 Å². The van der Waals surface area contributed by atoms with Crippen molar-refractivity contribution in [3.8, 4) is 0 Å². The zero-order valence-electron chi connectivity index (χ0n) is 48.9. The average Bonchev–Trinajstić information content (AvgIpc) is 3.38. The lowest BCUT2D eigenvalue weighted by atomic mass is 9.90. The van der Waals surface area contributed by atoms with Crippen molar-refractivity contribution >= 4 is 17.8 Å². The first kappa shape index (κ1) is 77.3. The number of ether oxygens (including phenoxy) is 2. The van der Waals surface area contributed by atoms with E-state index in [4.69, 9.17) is 9.47 Å². The molecule has 7 nitrogen and oxygen atoms in total. The fourth-order valence-electron chi connectivity index (χ4n) is 9.73. The van der Waals surface area contributed by atoms with E-state index in [-0.39, 0.29) is 107 Å². The molecule has 80 heavy (non-hydrogen) atoms. The molecule has 0 rings (SSSR count). The molecule has 2 atom stereocenters. The second-order valence-electron chi connectivity index (χ2n) is 22.4. The number of amides is 1. The molecule has 0 heterocycles. The van der Waals surface area contributed by atoms with Crippen molar-refractivity contribution in [3.63, 3.8) is 0 Å². The van der Waals surface area contributed by atoms with Gasteiger partial charge in [0.05, 0.1) is 13.2 Å². The molecular weight excluding hydrogens is 1090 g/mol. The molecule has 0 aromatic heterocycles. The third kappa shape index (κ3) is 26.5. The number of nitrogens with zero attached hydrogens (tertiary/aromatic N) is 2. The molecule has 22 heteroatoms. The van der Waals surface area contributed by atoms with Crippen LogP contribution in [0, 0.1) is 11.8 Å². The number of esters is 2. The van der Waals surface area contributed by atoms with Crippen LogP contribution in [0.3, 0.4) is 0 Å². The quantitative estimate of drug-likeness (QED) is 0.0343. The van der Waals surface area contributed by atoms with Gasteiger partial charge in [0.15, 0.2) is 0 Å². The largest absolute Gasteiger partial charge is 0.465 e. The smallest absolute Gasteiger partial charge is 0.460 e. The average molecular weight is 1190 g/mol. The van der Waals surface area contributed by atoms with Crippen molar-refractivity contribution in [2.24, 2.45) is 11.8 Å². The summed E-state index contributed by atoms with van der Waals surface area (Å²) in [5.74, 6) is -52.7. The minimum Gasteiger partial charge on any atom is -0.465 e. The van der Waals surface area contributed by atoms with Crippen LogP contribution in [0.25, 0.3) is 0 Å². The second-order valence-corrected chi connectivity index (χ2v) is 22.4. The number of rotatable bonds is 51. The molecule has 0 bridgehead atoms. The van der Waals surface area contributed by atoms with Crippen LogP contribution in [0.1, 0.15) is 252 Å². The van der Waals surface area contributed by atoms with Gasteiger partial charge in [0.1, 0.15) is 0 Å². The molecule has 0 aromatic carbocycles. The first-order valence-electron chi connectivity index (χ1n) is 30.0. The summed E-state index contributed by atoms with van der Waals surface area (Å²) in [7, 11) is 2.93. The Morgan fingerprint density at radius 2 is 0.662 bits per heavy atom. The Morgan fingerprint density at radius 3 is 1.01 bits per heavy atom. The van der Waals surface area contributed by atoms with Gasteiger partial charge in [-0.25, -0.2) is 0 Å². The highest BCUT2D eigenvalue weighted by molar-refractivity contribution is 5.85. The van der Waals surface area contributed by atoms with Gasteiger partial charge in [-0.05, 0) is 90.3 Å². The Kier molecular flexibility index (Phi) is 38.5. The molecule has 0 N–H and O–H groups in total. The molecule has 0 aromatic rings. The number of halogens is 15. The van der Waals surface area contributed by atoms with Gasteiger partial charge < -0.3 is 19.3 Å². The molecule has 476 valence electrons. The summed E-state index contributed by atoms with van der Waals surface area (Å²) >= 11 is 0. The number of hydrogen-bond acceptors (Lipinski definition) is 6. The molecule has 0 aliphatic carbocycles. The SMILES string of the molecule is CCCCCCCCC(CCCCCC)COC(=O)CCCCCC(CCCCCC(=O)OCC(CCCCCC)CCCCCCCC)N(CCCN(C)C)C(=O)C(F)(F)C(F)(F)C(F)(F)C(F)(F)C(F)(F)C(F)(F)C(F)(F)F. The van der Waals surface area contributed by atoms with Crippen molar-refractivity contribution in [2.75, 3.05) is 40.4 Å². The maximum atomic E-state index is 15.8. The molecule has 0 saturated heterocycles. The molecule has 0 saturated carbocycles. The molecular formula is C58H99F15N2O5. The summed E-state index contributed by atoms with van der Waals surface area (Å²) in [5.41, 5.74) is 0. The fourth-order valence-corrected chi connectivity index (χ4v) is 9.73. The van der Waals surface area contributed by atoms with Crippen LogP contribution in [0.2, 0.25) is 0 Å². The van der Waals surface area contributed by atoms with Crippen molar-refractivity contribution in [1.82, 2.24) is 9.80 Å². The fraction of sp³-hybridized carbons (Fsp3) is 0.948. The topological polar surface area (TPSA) is 76.2 Å². The van der Waals surface area contributed by atoms with Crippen molar-refractivity contribution in [3.05, 3.63) is 0 Å². The molecule has 2 unspecified atom stereocenters. The van der Waals surface area contributed by atoms with Crippen LogP contribution in [-0.4, -0.2) is 116 Å². The predicted octanol–water partition coefficient (Wildman–Crippen LogP) is 19.2. The monoisotopic (exact) mass is 1190 g/mol. The summed E-state index contributed by atoms with van der Waals surface area (Å²) < 4.78 is 227. The first-order valence-corrected chi connectivity index (χ1v) is 30.0. The third-order valence-electron chi connectivity index (χ3n) is 15.0. The van der Waals surface area contributed by atoms with Crippen LogP contribution in [0.15, 0.2) is 0 Å². The Morgan fingerprint density at radius 1 is 0.362 bits per heavy atom. The van der Waals surface area contributed by atoms with Crippen LogP contribution >= 0.6 is 0 Å².